The van der Waals surface area contributed by atoms with Crippen molar-refractivity contribution in [2.75, 3.05) is 6.79 Å². The third-order valence-electron chi connectivity index (χ3n) is 0.228. The number of aliphatic hydroxyl groups is 1. The summed E-state index contributed by atoms with van der Waals surface area (Å²) in [5.74, 6) is 0. The SMILES string of the molecule is OCOOP(O)OCl. The lowest BCUT2D eigenvalue weighted by atomic mass is 11.5. The van der Waals surface area contributed by atoms with Gasteiger partial charge in [0.1, 0.15) is 0 Å². The van der Waals surface area contributed by atoms with Crippen molar-refractivity contribution >= 4 is 20.5 Å². The van der Waals surface area contributed by atoms with Crippen molar-refractivity contribution in [3.8, 4) is 0 Å². The number of halogens is 1. The number of hydrogen-bond acceptors (Lipinski definition) is 5. The highest BCUT2D eigenvalue weighted by Gasteiger charge is 2.04. The zero-order valence-corrected chi connectivity index (χ0v) is 5.30. The molecule has 0 aromatic carbocycles. The third-order valence-corrected chi connectivity index (χ3v) is 0.933. The van der Waals surface area contributed by atoms with E-state index in [0.29, 0.717) is 0 Å². The van der Waals surface area contributed by atoms with Gasteiger partial charge in [-0.2, -0.15) is 4.08 Å². The number of rotatable bonds is 4. The van der Waals surface area contributed by atoms with Gasteiger partial charge in [-0.1, -0.05) is 0 Å². The molecule has 0 spiro atoms. The van der Waals surface area contributed by atoms with E-state index in [-0.39, 0.29) is 0 Å². The minimum Gasteiger partial charge on any atom is -0.368 e. The van der Waals surface area contributed by atoms with Crippen LogP contribution in [-0.2, 0) is 13.6 Å². The molecule has 7 heteroatoms. The van der Waals surface area contributed by atoms with Crippen molar-refractivity contribution in [3.63, 3.8) is 0 Å². The van der Waals surface area contributed by atoms with Gasteiger partial charge in [-0.25, -0.2) is 4.89 Å². The minimum absolute atomic E-state index is 0.653. The van der Waals surface area contributed by atoms with Crippen LogP contribution in [0.25, 0.3) is 0 Å². The second kappa shape index (κ2) is 5.65. The Morgan fingerprint density at radius 1 is 1.62 bits per heavy atom. The Morgan fingerprint density at radius 3 is 2.62 bits per heavy atom. The molecule has 0 radical (unpaired) electrons. The van der Waals surface area contributed by atoms with E-state index >= 15 is 0 Å². The Bertz CT molecular complexity index is 51.7. The molecule has 5 nitrogen and oxygen atoms in total. The van der Waals surface area contributed by atoms with Crippen LogP contribution in [0.2, 0.25) is 0 Å². The molecule has 0 saturated heterocycles. The monoisotopic (exact) mass is 162 g/mol. The third kappa shape index (κ3) is 4.67. The van der Waals surface area contributed by atoms with Crippen molar-refractivity contribution in [3.05, 3.63) is 0 Å². The normalized spacial score (nSPS) is 13.9. The Hall–Kier alpha value is 0.520. The fourth-order valence-electron chi connectivity index (χ4n) is 0.0802. The Labute approximate surface area is 51.8 Å². The maximum atomic E-state index is 8.24. The summed E-state index contributed by atoms with van der Waals surface area (Å²) in [6, 6.07) is 0. The largest absolute Gasteiger partial charge is 0.377 e. The van der Waals surface area contributed by atoms with Gasteiger partial charge in [0, 0.05) is 0 Å². The van der Waals surface area contributed by atoms with Crippen LogP contribution in [0.3, 0.4) is 0 Å². The molecule has 0 aliphatic rings. The first-order valence-corrected chi connectivity index (χ1v) is 2.93. The summed E-state index contributed by atoms with van der Waals surface area (Å²) >= 11 is 4.58. The molecule has 0 saturated carbocycles. The quantitative estimate of drug-likeness (QED) is 0.269. The van der Waals surface area contributed by atoms with E-state index in [1.54, 1.807) is 0 Å². The lowest BCUT2D eigenvalue weighted by molar-refractivity contribution is -0.257. The minimum atomic E-state index is -2.20. The van der Waals surface area contributed by atoms with Crippen molar-refractivity contribution < 1.29 is 23.6 Å². The summed E-state index contributed by atoms with van der Waals surface area (Å²) in [5.41, 5.74) is 0. The smallest absolute Gasteiger partial charge is 0.368 e. The van der Waals surface area contributed by atoms with Crippen LogP contribution in [0, 0.1) is 0 Å². The fourth-order valence-corrected chi connectivity index (χ4v) is 0.309. The highest BCUT2D eigenvalue weighted by Crippen LogP contribution is 2.33. The van der Waals surface area contributed by atoms with Gasteiger partial charge in [0.05, 0.1) is 11.9 Å². The molecular formula is CH4ClO5P. The topological polar surface area (TPSA) is 68.2 Å². The van der Waals surface area contributed by atoms with Crippen LogP contribution < -0.4 is 0 Å². The molecule has 0 amide bonds. The zero-order valence-electron chi connectivity index (χ0n) is 3.65. The summed E-state index contributed by atoms with van der Waals surface area (Å²) in [5, 5.41) is 7.86. The first kappa shape index (κ1) is 8.52. The summed E-state index contributed by atoms with van der Waals surface area (Å²) in [4.78, 5) is 12.1. The van der Waals surface area contributed by atoms with E-state index in [0.717, 1.165) is 0 Å². The average molecular weight is 162 g/mol. The predicted octanol–water partition coefficient (Wildman–Crippen LogP) is 0.274. The van der Waals surface area contributed by atoms with Gasteiger partial charge in [0.15, 0.2) is 6.79 Å². The molecule has 0 heterocycles. The molecule has 1 atom stereocenters. The standard InChI is InChI=1S/CH4ClO5P/c2-6-8(4)7-5-1-3/h3-4H,1H2. The Balaban J connectivity index is 2.86. The van der Waals surface area contributed by atoms with E-state index in [1.165, 1.54) is 0 Å². The lowest BCUT2D eigenvalue weighted by Crippen LogP contribution is -1.89. The van der Waals surface area contributed by atoms with Crippen LogP contribution in [0.1, 0.15) is 0 Å². The number of aliphatic hydroxyl groups excluding tert-OH is 1. The van der Waals surface area contributed by atoms with Crippen molar-refractivity contribution in [1.82, 2.24) is 0 Å². The second-order valence-electron chi connectivity index (χ2n) is 0.628. The predicted molar refractivity (Wildman–Crippen MR) is 25.3 cm³/mol. The van der Waals surface area contributed by atoms with Crippen molar-refractivity contribution in [2.45, 2.75) is 0 Å². The lowest BCUT2D eigenvalue weighted by Gasteiger charge is -2.00. The molecule has 0 rings (SSSR count). The van der Waals surface area contributed by atoms with Crippen LogP contribution in [-0.4, -0.2) is 16.8 Å². The van der Waals surface area contributed by atoms with Gasteiger partial charge in [-0.15, -0.1) is 4.67 Å². The summed E-state index contributed by atoms with van der Waals surface area (Å²) in [6.07, 6.45) is 0. The second-order valence-corrected chi connectivity index (χ2v) is 1.81. The summed E-state index contributed by atoms with van der Waals surface area (Å²) in [7, 11) is -2.20. The average Bonchev–Trinajstić information content (AvgIpc) is 1.83. The maximum Gasteiger partial charge on any atom is 0.377 e. The number of hydrogen-bond donors (Lipinski definition) is 2. The van der Waals surface area contributed by atoms with E-state index in [4.69, 9.17) is 10.00 Å². The van der Waals surface area contributed by atoms with E-state index in [1.807, 2.05) is 0 Å². The van der Waals surface area contributed by atoms with Gasteiger partial charge in [0.25, 0.3) is 0 Å². The molecule has 1 unspecified atom stereocenters. The van der Waals surface area contributed by atoms with Crippen molar-refractivity contribution in [1.29, 1.82) is 0 Å². The molecule has 50 valence electrons. The van der Waals surface area contributed by atoms with Gasteiger partial charge >= 0.3 is 8.60 Å². The molecule has 0 aliphatic heterocycles. The van der Waals surface area contributed by atoms with Gasteiger partial charge in [-0.05, 0) is 0 Å². The molecule has 0 aromatic heterocycles. The van der Waals surface area contributed by atoms with Crippen LogP contribution in [0.15, 0.2) is 0 Å². The molecular weight excluding hydrogens is 158 g/mol. The van der Waals surface area contributed by atoms with E-state index in [9.17, 15) is 0 Å². The highest BCUT2D eigenvalue weighted by molar-refractivity contribution is 7.41. The molecule has 0 bridgehead atoms. The van der Waals surface area contributed by atoms with Crippen molar-refractivity contribution in [2.24, 2.45) is 0 Å². The highest BCUT2D eigenvalue weighted by atomic mass is 35.5. The van der Waals surface area contributed by atoms with Crippen LogP contribution in [0.4, 0.5) is 0 Å². The first-order chi connectivity index (χ1) is 3.81. The van der Waals surface area contributed by atoms with E-state index in [2.05, 4.69) is 25.5 Å². The van der Waals surface area contributed by atoms with Gasteiger partial charge in [0.2, 0.25) is 0 Å². The first-order valence-electron chi connectivity index (χ1n) is 1.49. The van der Waals surface area contributed by atoms with E-state index < -0.39 is 15.4 Å². The Kier molecular flexibility index (Phi) is 6.02. The zero-order chi connectivity index (χ0) is 6.41. The maximum absolute atomic E-state index is 8.24. The van der Waals surface area contributed by atoms with Crippen LogP contribution >= 0.6 is 20.5 Å². The fraction of sp³-hybridized carbons (Fsp3) is 1.00. The Morgan fingerprint density at radius 2 is 2.25 bits per heavy atom. The summed E-state index contributed by atoms with van der Waals surface area (Å²) in [6.45, 7) is -0.653. The van der Waals surface area contributed by atoms with Gasteiger partial charge < -0.3 is 10.00 Å². The molecule has 8 heavy (non-hydrogen) atoms. The molecule has 0 fully saturated rings. The van der Waals surface area contributed by atoms with Gasteiger partial charge in [-0.3, -0.25) is 0 Å². The molecule has 0 aromatic rings. The van der Waals surface area contributed by atoms with Crippen LogP contribution in [0.5, 0.6) is 0 Å². The molecule has 0 aliphatic carbocycles. The molecule has 2 N–H and O–H groups in total. The summed E-state index contributed by atoms with van der Waals surface area (Å²) < 4.78 is 7.54.